The molecule has 0 amide bonds. The van der Waals surface area contributed by atoms with Gasteiger partial charge < -0.3 is 10.5 Å². The first-order valence-corrected chi connectivity index (χ1v) is 5.43. The summed E-state index contributed by atoms with van der Waals surface area (Å²) in [6, 6.07) is 12.8. The Bertz CT molecular complexity index is 555. The molecule has 0 aliphatic carbocycles. The zero-order chi connectivity index (χ0) is 13.0. The summed E-state index contributed by atoms with van der Waals surface area (Å²) in [4.78, 5) is 11.7. The minimum absolute atomic E-state index is 0.0472. The molecule has 4 heteroatoms. The molecular weight excluding hydrogens is 233 g/mol. The Labute approximate surface area is 104 Å². The van der Waals surface area contributed by atoms with Crippen LogP contribution in [0.15, 0.2) is 48.5 Å². The maximum absolute atomic E-state index is 13.0. The van der Waals surface area contributed by atoms with E-state index in [4.69, 9.17) is 10.5 Å². The normalized spacial score (nSPS) is 10.1. The lowest BCUT2D eigenvalue weighted by Gasteiger charge is -2.07. The first-order chi connectivity index (χ1) is 8.66. The van der Waals surface area contributed by atoms with Crippen molar-refractivity contribution >= 4 is 11.7 Å². The van der Waals surface area contributed by atoms with Gasteiger partial charge in [0, 0.05) is 5.69 Å². The highest BCUT2D eigenvalue weighted by Gasteiger charge is 2.12. The fraction of sp³-hybridized carbons (Fsp3) is 0.0714. The van der Waals surface area contributed by atoms with E-state index in [1.807, 2.05) is 30.3 Å². The van der Waals surface area contributed by atoms with Crippen molar-refractivity contribution in [1.29, 1.82) is 0 Å². The van der Waals surface area contributed by atoms with Gasteiger partial charge in [0.15, 0.2) is 0 Å². The van der Waals surface area contributed by atoms with Gasteiger partial charge in [0.1, 0.15) is 12.4 Å². The van der Waals surface area contributed by atoms with Gasteiger partial charge in [-0.25, -0.2) is 9.18 Å². The molecule has 0 saturated heterocycles. The molecule has 18 heavy (non-hydrogen) atoms. The van der Waals surface area contributed by atoms with E-state index in [0.29, 0.717) is 0 Å². The number of nitrogen functional groups attached to an aromatic ring is 1. The molecule has 3 nitrogen and oxygen atoms in total. The number of ether oxygens (including phenoxy) is 1. The van der Waals surface area contributed by atoms with Gasteiger partial charge in [-0.15, -0.1) is 0 Å². The van der Waals surface area contributed by atoms with Crippen LogP contribution < -0.4 is 5.73 Å². The van der Waals surface area contributed by atoms with Crippen LogP contribution in [0.1, 0.15) is 15.9 Å². The lowest BCUT2D eigenvalue weighted by atomic mass is 10.2. The molecule has 0 radical (unpaired) electrons. The summed E-state index contributed by atoms with van der Waals surface area (Å²) >= 11 is 0. The van der Waals surface area contributed by atoms with Gasteiger partial charge in [-0.3, -0.25) is 0 Å². The van der Waals surface area contributed by atoms with Crippen molar-refractivity contribution in [2.75, 3.05) is 5.73 Å². The molecule has 2 aromatic rings. The van der Waals surface area contributed by atoms with E-state index in [9.17, 15) is 9.18 Å². The van der Waals surface area contributed by atoms with E-state index >= 15 is 0 Å². The summed E-state index contributed by atoms with van der Waals surface area (Å²) in [5.41, 5.74) is 6.70. The summed E-state index contributed by atoms with van der Waals surface area (Å²) in [6.07, 6.45) is 0. The van der Waals surface area contributed by atoms with Gasteiger partial charge in [0.25, 0.3) is 0 Å². The Kier molecular flexibility index (Phi) is 3.57. The zero-order valence-electron chi connectivity index (χ0n) is 9.60. The third kappa shape index (κ3) is 2.85. The fourth-order valence-electron chi connectivity index (χ4n) is 1.51. The van der Waals surface area contributed by atoms with Crippen LogP contribution >= 0.6 is 0 Å². The number of carbonyl (C=O) groups is 1. The van der Waals surface area contributed by atoms with Crippen molar-refractivity contribution in [3.8, 4) is 0 Å². The highest BCUT2D eigenvalue weighted by Crippen LogP contribution is 2.15. The second-order valence-corrected chi connectivity index (χ2v) is 3.79. The highest BCUT2D eigenvalue weighted by atomic mass is 19.1. The minimum Gasteiger partial charge on any atom is -0.457 e. The first-order valence-electron chi connectivity index (χ1n) is 5.43. The molecular formula is C14H12FNO2. The number of rotatable bonds is 3. The van der Waals surface area contributed by atoms with E-state index in [-0.39, 0.29) is 17.9 Å². The van der Waals surface area contributed by atoms with Crippen LogP contribution in [0.2, 0.25) is 0 Å². The topological polar surface area (TPSA) is 52.3 Å². The Morgan fingerprint density at radius 3 is 2.61 bits per heavy atom. The molecule has 0 heterocycles. The van der Waals surface area contributed by atoms with Gasteiger partial charge in [0.2, 0.25) is 0 Å². The van der Waals surface area contributed by atoms with Crippen molar-refractivity contribution in [3.63, 3.8) is 0 Å². The molecule has 0 saturated carbocycles. The number of anilines is 1. The molecule has 2 N–H and O–H groups in total. The average molecular weight is 245 g/mol. The third-order valence-corrected chi connectivity index (χ3v) is 2.45. The molecule has 0 unspecified atom stereocenters. The van der Waals surface area contributed by atoms with Crippen LogP contribution in [0, 0.1) is 5.82 Å². The first kappa shape index (κ1) is 12.1. The highest BCUT2D eigenvalue weighted by molar-refractivity contribution is 5.95. The van der Waals surface area contributed by atoms with Crippen molar-refractivity contribution < 1.29 is 13.9 Å². The number of carbonyl (C=O) groups excluding carboxylic acids is 1. The van der Waals surface area contributed by atoms with E-state index in [1.165, 1.54) is 12.1 Å². The summed E-state index contributed by atoms with van der Waals surface area (Å²) in [5.74, 6) is -1.15. The second kappa shape index (κ2) is 5.31. The summed E-state index contributed by atoms with van der Waals surface area (Å²) in [6.45, 7) is 0.135. The van der Waals surface area contributed by atoms with E-state index in [1.54, 1.807) is 0 Å². The Morgan fingerprint density at radius 1 is 1.17 bits per heavy atom. The molecule has 2 aromatic carbocycles. The Balaban J connectivity index is 2.06. The molecule has 0 aromatic heterocycles. The summed E-state index contributed by atoms with van der Waals surface area (Å²) in [5, 5.41) is 0. The van der Waals surface area contributed by atoms with E-state index in [0.717, 1.165) is 11.6 Å². The van der Waals surface area contributed by atoms with Crippen molar-refractivity contribution in [2.45, 2.75) is 6.61 Å². The van der Waals surface area contributed by atoms with Crippen molar-refractivity contribution in [3.05, 3.63) is 65.5 Å². The van der Waals surface area contributed by atoms with Crippen LogP contribution in [0.25, 0.3) is 0 Å². The van der Waals surface area contributed by atoms with Crippen molar-refractivity contribution in [2.24, 2.45) is 0 Å². The maximum atomic E-state index is 13.0. The fourth-order valence-corrected chi connectivity index (χ4v) is 1.51. The van der Waals surface area contributed by atoms with Crippen LogP contribution in [0.5, 0.6) is 0 Å². The number of nitrogens with two attached hydrogens (primary N) is 1. The van der Waals surface area contributed by atoms with Gasteiger partial charge in [-0.1, -0.05) is 30.3 Å². The maximum Gasteiger partial charge on any atom is 0.340 e. The smallest absolute Gasteiger partial charge is 0.340 e. The number of halogens is 1. The second-order valence-electron chi connectivity index (χ2n) is 3.79. The lowest BCUT2D eigenvalue weighted by Crippen LogP contribution is -2.08. The van der Waals surface area contributed by atoms with E-state index < -0.39 is 11.8 Å². The molecule has 0 atom stereocenters. The minimum atomic E-state index is -0.629. The monoisotopic (exact) mass is 245 g/mol. The van der Waals surface area contributed by atoms with Crippen LogP contribution in [-0.4, -0.2) is 5.97 Å². The number of benzene rings is 2. The SMILES string of the molecule is Nc1ccc(F)cc1C(=O)OCc1ccccc1. The molecule has 92 valence electrons. The van der Waals surface area contributed by atoms with Gasteiger partial charge in [0.05, 0.1) is 5.56 Å². The predicted octanol–water partition coefficient (Wildman–Crippen LogP) is 2.76. The molecule has 2 rings (SSSR count). The van der Waals surface area contributed by atoms with Crippen molar-refractivity contribution in [1.82, 2.24) is 0 Å². The van der Waals surface area contributed by atoms with Gasteiger partial charge in [-0.05, 0) is 23.8 Å². The number of hydrogen-bond acceptors (Lipinski definition) is 3. The zero-order valence-corrected chi connectivity index (χ0v) is 9.60. The molecule has 0 aliphatic heterocycles. The van der Waals surface area contributed by atoms with E-state index in [2.05, 4.69) is 0 Å². The predicted molar refractivity (Wildman–Crippen MR) is 66.4 cm³/mol. The largest absolute Gasteiger partial charge is 0.457 e. The quantitative estimate of drug-likeness (QED) is 0.668. The van der Waals surface area contributed by atoms with Crippen LogP contribution in [-0.2, 0) is 11.3 Å². The molecule has 0 bridgehead atoms. The lowest BCUT2D eigenvalue weighted by molar-refractivity contribution is 0.0473. The summed E-state index contributed by atoms with van der Waals surface area (Å²) in [7, 11) is 0. The molecule has 0 aliphatic rings. The molecule has 0 spiro atoms. The van der Waals surface area contributed by atoms with Gasteiger partial charge in [-0.2, -0.15) is 0 Å². The van der Waals surface area contributed by atoms with Crippen LogP contribution in [0.3, 0.4) is 0 Å². The average Bonchev–Trinajstić information content (AvgIpc) is 2.40. The number of esters is 1. The van der Waals surface area contributed by atoms with Crippen LogP contribution in [0.4, 0.5) is 10.1 Å². The molecule has 0 fully saturated rings. The number of hydrogen-bond donors (Lipinski definition) is 1. The standard InChI is InChI=1S/C14H12FNO2/c15-11-6-7-13(16)12(8-11)14(17)18-9-10-4-2-1-3-5-10/h1-8H,9,16H2. The Hall–Kier alpha value is -2.36. The Morgan fingerprint density at radius 2 is 1.89 bits per heavy atom. The van der Waals surface area contributed by atoms with Gasteiger partial charge >= 0.3 is 5.97 Å². The summed E-state index contributed by atoms with van der Waals surface area (Å²) < 4.78 is 18.1. The third-order valence-electron chi connectivity index (χ3n) is 2.45.